The van der Waals surface area contributed by atoms with Gasteiger partial charge in [0.15, 0.2) is 17.5 Å². The number of fused-ring (bicyclic) bond motifs is 7. The van der Waals surface area contributed by atoms with Crippen LogP contribution >= 0.6 is 0 Å². The van der Waals surface area contributed by atoms with Crippen LogP contribution < -0.4 is 0 Å². The zero-order valence-electron chi connectivity index (χ0n) is 27.1. The molecule has 0 saturated heterocycles. The molecule has 0 bridgehead atoms. The van der Waals surface area contributed by atoms with Crippen molar-refractivity contribution < 1.29 is 0 Å². The number of nitrogens with zero attached hydrogens (tertiary/aromatic N) is 3. The van der Waals surface area contributed by atoms with Gasteiger partial charge in [0.05, 0.1) is 0 Å². The zero-order chi connectivity index (χ0) is 33.0. The second-order valence-electron chi connectivity index (χ2n) is 12.8. The highest BCUT2D eigenvalue weighted by molar-refractivity contribution is 6.19. The molecule has 0 aliphatic carbocycles. The lowest BCUT2D eigenvalue weighted by Gasteiger charge is -2.14. The van der Waals surface area contributed by atoms with Crippen molar-refractivity contribution in [1.29, 1.82) is 0 Å². The molecule has 0 fully saturated rings. The van der Waals surface area contributed by atoms with Gasteiger partial charge in [0.2, 0.25) is 0 Å². The van der Waals surface area contributed by atoms with Crippen molar-refractivity contribution >= 4 is 53.9 Å². The molecule has 0 atom stereocenters. The maximum absolute atomic E-state index is 5.26. The molecule has 10 aromatic rings. The Bertz CT molecular complexity index is 2920. The van der Waals surface area contributed by atoms with Gasteiger partial charge in [0.1, 0.15) is 0 Å². The van der Waals surface area contributed by atoms with E-state index in [0.717, 1.165) is 32.8 Å². The van der Waals surface area contributed by atoms with E-state index in [1.165, 1.54) is 48.8 Å². The number of aromatic nitrogens is 3. The van der Waals surface area contributed by atoms with E-state index >= 15 is 0 Å². The molecule has 3 nitrogen and oxygen atoms in total. The lowest BCUT2D eigenvalue weighted by atomic mass is 9.92. The molecule has 9 aromatic carbocycles. The Kier molecular flexibility index (Phi) is 6.49. The van der Waals surface area contributed by atoms with E-state index in [1.807, 2.05) is 18.2 Å². The highest BCUT2D eigenvalue weighted by Crippen LogP contribution is 2.39. The first kappa shape index (κ1) is 28.3. The molecule has 0 spiro atoms. The molecular formula is C47H29N3. The summed E-state index contributed by atoms with van der Waals surface area (Å²) in [6.07, 6.45) is 0. The minimum absolute atomic E-state index is 0.650. The van der Waals surface area contributed by atoms with Crippen molar-refractivity contribution in [2.75, 3.05) is 0 Å². The van der Waals surface area contributed by atoms with Crippen molar-refractivity contribution in [1.82, 2.24) is 15.0 Å². The summed E-state index contributed by atoms with van der Waals surface area (Å²) >= 11 is 0. The van der Waals surface area contributed by atoms with Crippen LogP contribution in [-0.4, -0.2) is 15.0 Å². The number of hydrogen-bond donors (Lipinski definition) is 0. The highest BCUT2D eigenvalue weighted by atomic mass is 15.0. The van der Waals surface area contributed by atoms with Crippen molar-refractivity contribution in [3.63, 3.8) is 0 Å². The summed E-state index contributed by atoms with van der Waals surface area (Å²) in [7, 11) is 0. The number of benzene rings is 9. The summed E-state index contributed by atoms with van der Waals surface area (Å²) in [6, 6.07) is 62.2. The Morgan fingerprint density at radius 1 is 0.220 bits per heavy atom. The largest absolute Gasteiger partial charge is 0.208 e. The topological polar surface area (TPSA) is 38.7 Å². The van der Waals surface area contributed by atoms with Gasteiger partial charge in [-0.05, 0) is 65.0 Å². The summed E-state index contributed by atoms with van der Waals surface area (Å²) < 4.78 is 0. The first-order valence-electron chi connectivity index (χ1n) is 17.0. The fourth-order valence-corrected chi connectivity index (χ4v) is 7.58. The van der Waals surface area contributed by atoms with Crippen molar-refractivity contribution in [3.8, 4) is 45.3 Å². The molecule has 232 valence electrons. The second-order valence-corrected chi connectivity index (χ2v) is 12.8. The van der Waals surface area contributed by atoms with Gasteiger partial charge in [-0.15, -0.1) is 0 Å². The molecule has 1 aromatic heterocycles. The summed E-state index contributed by atoms with van der Waals surface area (Å²) in [6.45, 7) is 0. The Morgan fingerprint density at radius 3 is 1.36 bits per heavy atom. The monoisotopic (exact) mass is 635 g/mol. The van der Waals surface area contributed by atoms with Crippen LogP contribution in [0.1, 0.15) is 0 Å². The third kappa shape index (κ3) is 4.56. The van der Waals surface area contributed by atoms with Gasteiger partial charge >= 0.3 is 0 Å². The van der Waals surface area contributed by atoms with E-state index in [1.54, 1.807) is 0 Å². The second kappa shape index (κ2) is 11.5. The molecule has 50 heavy (non-hydrogen) atoms. The Morgan fingerprint density at radius 2 is 0.620 bits per heavy atom. The van der Waals surface area contributed by atoms with Crippen LogP contribution in [0.2, 0.25) is 0 Å². The standard InChI is InChI=1S/C47H29N3/c1-2-14-32(15-3-1)45-48-46(43-24-10-21-37-36(20-9-23-39(37)43)35-19-8-16-30-12-4-6-17-33(30)35)50-47(49-45)44-25-11-22-38-41-27-26-31-13-5-7-18-34(31)40(41)28-29-42(38)44/h1-29H. The van der Waals surface area contributed by atoms with Crippen LogP contribution in [0, 0.1) is 0 Å². The molecule has 3 heteroatoms. The highest BCUT2D eigenvalue weighted by Gasteiger charge is 2.18. The van der Waals surface area contributed by atoms with Gasteiger partial charge in [-0.25, -0.2) is 15.0 Å². The van der Waals surface area contributed by atoms with Crippen LogP contribution in [0.3, 0.4) is 0 Å². The van der Waals surface area contributed by atoms with Crippen molar-refractivity contribution in [2.45, 2.75) is 0 Å². The molecule has 0 aliphatic rings. The average Bonchev–Trinajstić information content (AvgIpc) is 3.20. The molecule has 0 amide bonds. The van der Waals surface area contributed by atoms with Gasteiger partial charge in [-0.2, -0.15) is 0 Å². The van der Waals surface area contributed by atoms with E-state index in [0.29, 0.717) is 17.5 Å². The van der Waals surface area contributed by atoms with Crippen molar-refractivity contribution in [3.05, 3.63) is 176 Å². The SMILES string of the molecule is c1ccc(-c2nc(-c3cccc4c(-c5cccc6ccccc56)cccc34)nc(-c3cccc4c3ccc3c5ccccc5ccc43)n2)cc1. The summed E-state index contributed by atoms with van der Waals surface area (Å²) in [5.41, 5.74) is 5.30. The smallest absolute Gasteiger partial charge is 0.164 e. The molecule has 0 aliphatic heterocycles. The Balaban J connectivity index is 1.21. The van der Waals surface area contributed by atoms with Crippen LogP contribution in [0.4, 0.5) is 0 Å². The van der Waals surface area contributed by atoms with Crippen LogP contribution in [0.15, 0.2) is 176 Å². The number of hydrogen-bond acceptors (Lipinski definition) is 3. The minimum atomic E-state index is 0.650. The lowest BCUT2D eigenvalue weighted by Crippen LogP contribution is -2.01. The minimum Gasteiger partial charge on any atom is -0.208 e. The molecule has 0 radical (unpaired) electrons. The van der Waals surface area contributed by atoms with Crippen LogP contribution in [0.5, 0.6) is 0 Å². The molecule has 0 N–H and O–H groups in total. The van der Waals surface area contributed by atoms with Crippen LogP contribution in [0.25, 0.3) is 99.2 Å². The maximum Gasteiger partial charge on any atom is 0.164 e. The first-order valence-corrected chi connectivity index (χ1v) is 17.0. The molecule has 10 rings (SSSR count). The predicted octanol–water partition coefficient (Wildman–Crippen LogP) is 12.3. The van der Waals surface area contributed by atoms with E-state index in [2.05, 4.69) is 158 Å². The fraction of sp³-hybridized carbons (Fsp3) is 0. The fourth-order valence-electron chi connectivity index (χ4n) is 7.58. The van der Waals surface area contributed by atoms with Gasteiger partial charge in [0, 0.05) is 16.7 Å². The van der Waals surface area contributed by atoms with Crippen molar-refractivity contribution in [2.24, 2.45) is 0 Å². The van der Waals surface area contributed by atoms with E-state index in [4.69, 9.17) is 15.0 Å². The third-order valence-electron chi connectivity index (χ3n) is 9.93. The van der Waals surface area contributed by atoms with E-state index in [-0.39, 0.29) is 0 Å². The lowest BCUT2D eigenvalue weighted by molar-refractivity contribution is 1.08. The van der Waals surface area contributed by atoms with Gasteiger partial charge < -0.3 is 0 Å². The van der Waals surface area contributed by atoms with Gasteiger partial charge in [-0.3, -0.25) is 0 Å². The van der Waals surface area contributed by atoms with Crippen LogP contribution in [-0.2, 0) is 0 Å². The third-order valence-corrected chi connectivity index (χ3v) is 9.93. The Labute approximate surface area is 289 Å². The van der Waals surface area contributed by atoms with Gasteiger partial charge in [0.25, 0.3) is 0 Å². The Hall–Kier alpha value is -6.71. The van der Waals surface area contributed by atoms with Gasteiger partial charge in [-0.1, -0.05) is 176 Å². The normalized spacial score (nSPS) is 11.6. The quantitative estimate of drug-likeness (QED) is 0.181. The molecule has 0 unspecified atom stereocenters. The molecular weight excluding hydrogens is 607 g/mol. The number of rotatable bonds is 4. The predicted molar refractivity (Wildman–Crippen MR) is 209 cm³/mol. The average molecular weight is 636 g/mol. The maximum atomic E-state index is 5.26. The summed E-state index contributed by atoms with van der Waals surface area (Å²) in [5, 5.41) is 12.0. The summed E-state index contributed by atoms with van der Waals surface area (Å²) in [5.74, 6) is 1.96. The first-order chi connectivity index (χ1) is 24.8. The van der Waals surface area contributed by atoms with E-state index < -0.39 is 0 Å². The summed E-state index contributed by atoms with van der Waals surface area (Å²) in [4.78, 5) is 15.5. The zero-order valence-corrected chi connectivity index (χ0v) is 27.1. The molecule has 1 heterocycles. The molecule has 0 saturated carbocycles. The van der Waals surface area contributed by atoms with E-state index in [9.17, 15) is 0 Å².